The van der Waals surface area contributed by atoms with Crippen LogP contribution in [0.3, 0.4) is 0 Å². The van der Waals surface area contributed by atoms with E-state index in [9.17, 15) is 9.59 Å². The molecule has 6 nitrogen and oxygen atoms in total. The maximum absolute atomic E-state index is 11.9. The van der Waals surface area contributed by atoms with Gasteiger partial charge in [-0.05, 0) is 27.7 Å². The van der Waals surface area contributed by atoms with Crippen LogP contribution in [0.4, 0.5) is 4.79 Å². The second kappa shape index (κ2) is 7.42. The molecule has 0 heterocycles. The first-order valence-electron chi connectivity index (χ1n) is 6.62. The minimum absolute atomic E-state index is 0.0170. The first kappa shape index (κ1) is 16.7. The number of rotatable bonds is 4. The van der Waals surface area contributed by atoms with Gasteiger partial charge in [-0.15, -0.1) is 0 Å². The Morgan fingerprint density at radius 2 is 1.81 bits per heavy atom. The highest BCUT2D eigenvalue weighted by Crippen LogP contribution is 2.07. The summed E-state index contributed by atoms with van der Waals surface area (Å²) in [4.78, 5) is 23.5. The number of ether oxygens (including phenoxy) is 2. The average Bonchev–Trinajstić information content (AvgIpc) is 2.38. The lowest BCUT2D eigenvalue weighted by atomic mass is 10.1. The highest BCUT2D eigenvalue weighted by molar-refractivity contribution is 6.43. The number of nitrogens with one attached hydrogen (secondary N) is 1. The van der Waals surface area contributed by atoms with Crippen LogP contribution in [0.25, 0.3) is 0 Å². The molecule has 0 aliphatic carbocycles. The van der Waals surface area contributed by atoms with Crippen LogP contribution in [0, 0.1) is 0 Å². The van der Waals surface area contributed by atoms with Gasteiger partial charge >= 0.3 is 12.1 Å². The van der Waals surface area contributed by atoms with E-state index in [-0.39, 0.29) is 12.3 Å². The highest BCUT2D eigenvalue weighted by Gasteiger charge is 2.18. The van der Waals surface area contributed by atoms with E-state index in [0.717, 1.165) is 0 Å². The van der Waals surface area contributed by atoms with Crippen molar-refractivity contribution in [2.45, 2.75) is 33.3 Å². The Morgan fingerprint density at radius 3 is 2.33 bits per heavy atom. The summed E-state index contributed by atoms with van der Waals surface area (Å²) in [7, 11) is 0. The molecule has 0 bridgehead atoms. The summed E-state index contributed by atoms with van der Waals surface area (Å²) in [5.41, 5.74) is 2.13. The van der Waals surface area contributed by atoms with Crippen molar-refractivity contribution in [3.63, 3.8) is 0 Å². The van der Waals surface area contributed by atoms with Gasteiger partial charge in [-0.25, -0.2) is 15.0 Å². The third-order valence-electron chi connectivity index (χ3n) is 2.17. The number of carbonyl (C=O) groups is 2. The molecule has 0 saturated heterocycles. The van der Waals surface area contributed by atoms with Crippen LogP contribution >= 0.6 is 0 Å². The minimum atomic E-state index is -0.736. The van der Waals surface area contributed by atoms with Crippen molar-refractivity contribution in [3.8, 4) is 0 Å². The molecule has 1 aromatic rings. The summed E-state index contributed by atoms with van der Waals surface area (Å²) in [6.45, 7) is 7.12. The maximum atomic E-state index is 11.9. The fourth-order valence-corrected chi connectivity index (χ4v) is 1.43. The summed E-state index contributed by atoms with van der Waals surface area (Å²) in [6.07, 6.45) is -0.736. The lowest BCUT2D eigenvalue weighted by molar-refractivity contribution is -0.134. The Bertz CT molecular complexity index is 518. The van der Waals surface area contributed by atoms with Gasteiger partial charge in [0.1, 0.15) is 5.60 Å². The van der Waals surface area contributed by atoms with Gasteiger partial charge in [-0.1, -0.05) is 30.3 Å². The van der Waals surface area contributed by atoms with Gasteiger partial charge in [-0.3, -0.25) is 0 Å². The van der Waals surface area contributed by atoms with E-state index in [0.29, 0.717) is 5.56 Å². The van der Waals surface area contributed by atoms with Crippen molar-refractivity contribution < 1.29 is 19.1 Å². The molecule has 0 saturated carbocycles. The zero-order chi connectivity index (χ0) is 15.9. The third-order valence-corrected chi connectivity index (χ3v) is 2.17. The molecule has 114 valence electrons. The van der Waals surface area contributed by atoms with Crippen LogP contribution < -0.4 is 5.43 Å². The standard InChI is InChI=1S/C15H20N2O4/c1-5-20-13(18)12(11-9-7-6-8-10-11)16-17-14(19)21-15(2,3)4/h6-10H,5H2,1-4H3,(H,17,19). The quantitative estimate of drug-likeness (QED) is 0.525. The molecule has 1 amide bonds. The molecule has 0 aromatic heterocycles. The van der Waals surface area contributed by atoms with Crippen molar-refractivity contribution in [1.82, 2.24) is 5.43 Å². The van der Waals surface area contributed by atoms with Gasteiger partial charge in [0.15, 0.2) is 5.71 Å². The Hall–Kier alpha value is -2.37. The van der Waals surface area contributed by atoms with E-state index in [4.69, 9.17) is 9.47 Å². The van der Waals surface area contributed by atoms with Crippen LogP contribution in [0.5, 0.6) is 0 Å². The average molecular weight is 292 g/mol. The fourth-order valence-electron chi connectivity index (χ4n) is 1.43. The number of carbonyl (C=O) groups excluding carboxylic acids is 2. The summed E-state index contributed by atoms with van der Waals surface area (Å²) < 4.78 is 9.98. The molecular weight excluding hydrogens is 272 g/mol. The van der Waals surface area contributed by atoms with Crippen LogP contribution in [-0.2, 0) is 14.3 Å². The predicted octanol–water partition coefficient (Wildman–Crippen LogP) is 2.48. The second-order valence-electron chi connectivity index (χ2n) is 5.16. The molecule has 6 heteroatoms. The number of amides is 1. The van der Waals surface area contributed by atoms with Crippen LogP contribution in [-0.4, -0.2) is 30.0 Å². The second-order valence-corrected chi connectivity index (χ2v) is 5.16. The van der Waals surface area contributed by atoms with E-state index in [1.165, 1.54) is 0 Å². The lowest BCUT2D eigenvalue weighted by Crippen LogP contribution is -2.31. The Kier molecular flexibility index (Phi) is 5.90. The van der Waals surface area contributed by atoms with Gasteiger partial charge < -0.3 is 9.47 Å². The largest absolute Gasteiger partial charge is 0.461 e. The molecule has 1 rings (SSSR count). The van der Waals surface area contributed by atoms with E-state index >= 15 is 0 Å². The molecule has 0 atom stereocenters. The molecule has 0 radical (unpaired) electrons. The zero-order valence-electron chi connectivity index (χ0n) is 12.7. The molecule has 1 aromatic carbocycles. The zero-order valence-corrected chi connectivity index (χ0v) is 12.7. The first-order valence-corrected chi connectivity index (χ1v) is 6.62. The molecule has 1 N–H and O–H groups in total. The van der Waals surface area contributed by atoms with Gasteiger partial charge in [0, 0.05) is 5.56 Å². The molecule has 0 spiro atoms. The molecule has 21 heavy (non-hydrogen) atoms. The van der Waals surface area contributed by atoms with Gasteiger partial charge in [0.05, 0.1) is 6.61 Å². The van der Waals surface area contributed by atoms with Crippen molar-refractivity contribution >= 4 is 17.8 Å². The fraction of sp³-hybridized carbons (Fsp3) is 0.400. The molecule has 0 unspecified atom stereocenters. The number of benzene rings is 1. The summed E-state index contributed by atoms with van der Waals surface area (Å²) in [5, 5.41) is 3.81. The SMILES string of the molecule is CCOC(=O)C(=NNC(=O)OC(C)(C)C)c1ccccc1. The van der Waals surface area contributed by atoms with Gasteiger partial charge in [0.25, 0.3) is 0 Å². The number of hydrogen-bond acceptors (Lipinski definition) is 5. The van der Waals surface area contributed by atoms with E-state index in [1.54, 1.807) is 52.0 Å². The molecule has 0 fully saturated rings. The number of nitrogens with zero attached hydrogens (tertiary/aromatic N) is 1. The summed E-state index contributed by atoms with van der Waals surface area (Å²) >= 11 is 0. The van der Waals surface area contributed by atoms with Crippen LogP contribution in [0.15, 0.2) is 35.4 Å². The summed E-state index contributed by atoms with van der Waals surface area (Å²) in [5.74, 6) is -0.611. The minimum Gasteiger partial charge on any atom is -0.461 e. The highest BCUT2D eigenvalue weighted by atomic mass is 16.6. The smallest absolute Gasteiger partial charge is 0.428 e. The molecular formula is C15H20N2O4. The predicted molar refractivity (Wildman–Crippen MR) is 79.0 cm³/mol. The van der Waals surface area contributed by atoms with E-state index in [1.807, 2.05) is 6.07 Å². The van der Waals surface area contributed by atoms with Gasteiger partial charge in [-0.2, -0.15) is 5.10 Å². The first-order chi connectivity index (χ1) is 9.83. The molecule has 0 aliphatic rings. The van der Waals surface area contributed by atoms with Crippen LogP contribution in [0.2, 0.25) is 0 Å². The van der Waals surface area contributed by atoms with E-state index < -0.39 is 17.7 Å². The van der Waals surface area contributed by atoms with Gasteiger partial charge in [0.2, 0.25) is 0 Å². The normalized spacial score (nSPS) is 11.7. The van der Waals surface area contributed by atoms with Crippen molar-refractivity contribution in [1.29, 1.82) is 0 Å². The topological polar surface area (TPSA) is 77.0 Å². The molecule has 0 aliphatic heterocycles. The van der Waals surface area contributed by atoms with Crippen molar-refractivity contribution in [2.75, 3.05) is 6.61 Å². The number of hydrogen-bond donors (Lipinski definition) is 1. The lowest BCUT2D eigenvalue weighted by Gasteiger charge is -2.18. The number of esters is 1. The van der Waals surface area contributed by atoms with Crippen LogP contribution in [0.1, 0.15) is 33.3 Å². The van der Waals surface area contributed by atoms with Crippen molar-refractivity contribution in [3.05, 3.63) is 35.9 Å². The Morgan fingerprint density at radius 1 is 1.19 bits per heavy atom. The summed E-state index contributed by atoms with van der Waals surface area (Å²) in [6, 6.07) is 8.74. The maximum Gasteiger partial charge on any atom is 0.428 e. The Balaban J connectivity index is 2.89. The van der Waals surface area contributed by atoms with Crippen molar-refractivity contribution in [2.24, 2.45) is 5.10 Å². The number of hydrazone groups is 1. The third kappa shape index (κ3) is 6.07. The Labute approximate surface area is 124 Å². The van der Waals surface area contributed by atoms with E-state index in [2.05, 4.69) is 10.5 Å². The monoisotopic (exact) mass is 292 g/mol.